The summed E-state index contributed by atoms with van der Waals surface area (Å²) in [7, 11) is 0. The molecule has 0 spiro atoms. The SMILES string of the molecule is CCCN1C(=O)N[C@@H](c2cccc(NC(=O)Nc3ccc(C)cc3C)c2)C(C(=O)OCC(C)C)=C1C. The highest BCUT2D eigenvalue weighted by Crippen LogP contribution is 2.32. The third kappa shape index (κ3) is 6.44. The Morgan fingerprint density at radius 1 is 1.08 bits per heavy atom. The number of ether oxygens (including phenoxy) is 1. The molecule has 0 fully saturated rings. The number of anilines is 2. The lowest BCUT2D eigenvalue weighted by atomic mass is 9.94. The van der Waals surface area contributed by atoms with Crippen molar-refractivity contribution in [1.29, 1.82) is 0 Å². The Morgan fingerprint density at radius 2 is 1.83 bits per heavy atom. The average molecular weight is 493 g/mol. The van der Waals surface area contributed by atoms with Crippen molar-refractivity contribution in [3.05, 3.63) is 70.4 Å². The molecule has 2 aromatic rings. The van der Waals surface area contributed by atoms with Crippen molar-refractivity contribution in [1.82, 2.24) is 10.2 Å². The Hall–Kier alpha value is -3.81. The van der Waals surface area contributed by atoms with Gasteiger partial charge in [0, 0.05) is 23.6 Å². The van der Waals surface area contributed by atoms with Gasteiger partial charge in [-0.25, -0.2) is 14.4 Å². The van der Waals surface area contributed by atoms with E-state index >= 15 is 0 Å². The van der Waals surface area contributed by atoms with Gasteiger partial charge in [0.15, 0.2) is 0 Å². The average Bonchev–Trinajstić information content (AvgIpc) is 2.82. The lowest BCUT2D eigenvalue weighted by molar-refractivity contribution is -0.140. The third-order valence-corrected chi connectivity index (χ3v) is 5.92. The van der Waals surface area contributed by atoms with E-state index in [9.17, 15) is 14.4 Å². The minimum absolute atomic E-state index is 0.182. The van der Waals surface area contributed by atoms with Crippen LogP contribution in [0.5, 0.6) is 0 Å². The number of carbonyl (C=O) groups is 3. The van der Waals surface area contributed by atoms with Gasteiger partial charge in [0.2, 0.25) is 0 Å². The first-order valence-corrected chi connectivity index (χ1v) is 12.3. The number of amides is 4. The van der Waals surface area contributed by atoms with Gasteiger partial charge < -0.3 is 20.7 Å². The van der Waals surface area contributed by atoms with Crippen LogP contribution in [0, 0.1) is 19.8 Å². The van der Waals surface area contributed by atoms with E-state index in [2.05, 4.69) is 16.0 Å². The van der Waals surface area contributed by atoms with Crippen LogP contribution in [0.15, 0.2) is 53.7 Å². The van der Waals surface area contributed by atoms with E-state index in [1.54, 1.807) is 30.0 Å². The molecular formula is C28H36N4O4. The Bertz CT molecular complexity index is 1170. The van der Waals surface area contributed by atoms with Crippen molar-refractivity contribution in [2.45, 2.75) is 54.0 Å². The lowest BCUT2D eigenvalue weighted by Crippen LogP contribution is -2.48. The molecule has 0 radical (unpaired) electrons. The highest BCUT2D eigenvalue weighted by Gasteiger charge is 2.36. The first-order chi connectivity index (χ1) is 17.1. The van der Waals surface area contributed by atoms with Crippen LogP contribution in [-0.2, 0) is 9.53 Å². The zero-order valence-electron chi connectivity index (χ0n) is 21.9. The number of carbonyl (C=O) groups excluding carboxylic acids is 3. The van der Waals surface area contributed by atoms with Gasteiger partial charge in [-0.15, -0.1) is 0 Å². The summed E-state index contributed by atoms with van der Waals surface area (Å²) in [6, 6.07) is 11.5. The van der Waals surface area contributed by atoms with Crippen LogP contribution in [-0.4, -0.2) is 36.1 Å². The van der Waals surface area contributed by atoms with E-state index < -0.39 is 12.0 Å². The molecule has 0 saturated heterocycles. The smallest absolute Gasteiger partial charge is 0.338 e. The van der Waals surface area contributed by atoms with Crippen LogP contribution in [0.25, 0.3) is 0 Å². The summed E-state index contributed by atoms with van der Waals surface area (Å²) in [6.45, 7) is 12.4. The third-order valence-electron chi connectivity index (χ3n) is 5.92. The summed E-state index contributed by atoms with van der Waals surface area (Å²) in [4.78, 5) is 40.3. The number of hydrogen-bond acceptors (Lipinski definition) is 4. The first-order valence-electron chi connectivity index (χ1n) is 12.3. The van der Waals surface area contributed by atoms with E-state index in [1.807, 2.05) is 58.9 Å². The van der Waals surface area contributed by atoms with E-state index in [0.717, 1.165) is 23.2 Å². The highest BCUT2D eigenvalue weighted by atomic mass is 16.5. The minimum atomic E-state index is -0.700. The standard InChI is InChI=1S/C28H36N4O4/c1-7-13-32-20(6)24(26(33)36-16-17(2)3)25(31-28(32)35)21-9-8-10-22(15-21)29-27(34)30-23-12-11-18(4)14-19(23)5/h8-12,14-15,17,25H,7,13,16H2,1-6H3,(H,31,35)(H2,29,30,34)/t25-/m0/s1. The topological polar surface area (TPSA) is 99.8 Å². The number of hydrogen-bond donors (Lipinski definition) is 3. The molecule has 3 rings (SSSR count). The number of nitrogens with one attached hydrogen (secondary N) is 3. The summed E-state index contributed by atoms with van der Waals surface area (Å²) in [6.07, 6.45) is 0.749. The second-order valence-electron chi connectivity index (χ2n) is 9.55. The lowest BCUT2D eigenvalue weighted by Gasteiger charge is -2.35. The maximum absolute atomic E-state index is 13.1. The molecule has 3 N–H and O–H groups in total. The molecular weight excluding hydrogens is 456 g/mol. The number of esters is 1. The number of nitrogens with zero attached hydrogens (tertiary/aromatic N) is 1. The van der Waals surface area contributed by atoms with Gasteiger partial charge >= 0.3 is 18.0 Å². The number of rotatable bonds is 8. The molecule has 2 aromatic carbocycles. The largest absolute Gasteiger partial charge is 0.462 e. The van der Waals surface area contributed by atoms with Crippen LogP contribution in [0.2, 0.25) is 0 Å². The Labute approximate surface area is 213 Å². The van der Waals surface area contributed by atoms with Crippen LogP contribution in [0.3, 0.4) is 0 Å². The zero-order valence-corrected chi connectivity index (χ0v) is 21.9. The summed E-state index contributed by atoms with van der Waals surface area (Å²) >= 11 is 0. The molecule has 36 heavy (non-hydrogen) atoms. The van der Waals surface area contributed by atoms with Crippen LogP contribution < -0.4 is 16.0 Å². The van der Waals surface area contributed by atoms with Crippen LogP contribution in [0.1, 0.15) is 56.8 Å². The molecule has 192 valence electrons. The van der Waals surface area contributed by atoms with E-state index in [-0.39, 0.29) is 24.6 Å². The van der Waals surface area contributed by atoms with Crippen molar-refractivity contribution < 1.29 is 19.1 Å². The van der Waals surface area contributed by atoms with E-state index in [1.165, 1.54) is 0 Å². The monoisotopic (exact) mass is 492 g/mol. The predicted octanol–water partition coefficient (Wildman–Crippen LogP) is 5.90. The van der Waals surface area contributed by atoms with Crippen molar-refractivity contribution >= 4 is 29.4 Å². The summed E-state index contributed by atoms with van der Waals surface area (Å²) < 4.78 is 5.55. The molecule has 0 saturated carbocycles. The fourth-order valence-corrected chi connectivity index (χ4v) is 4.14. The Morgan fingerprint density at radius 3 is 2.50 bits per heavy atom. The Balaban J connectivity index is 1.87. The van der Waals surface area contributed by atoms with Crippen molar-refractivity contribution in [3.63, 3.8) is 0 Å². The number of aryl methyl sites for hydroxylation is 2. The molecule has 0 unspecified atom stereocenters. The minimum Gasteiger partial charge on any atom is -0.462 e. The van der Waals surface area contributed by atoms with E-state index in [0.29, 0.717) is 29.1 Å². The Kier molecular flexibility index (Phi) is 8.74. The number of allylic oxidation sites excluding steroid dienone is 1. The van der Waals surface area contributed by atoms with Crippen molar-refractivity contribution in [3.8, 4) is 0 Å². The fraction of sp³-hybridized carbons (Fsp3) is 0.393. The summed E-state index contributed by atoms with van der Waals surface area (Å²) in [5, 5.41) is 8.65. The molecule has 0 aliphatic carbocycles. The van der Waals surface area contributed by atoms with Gasteiger partial charge in [0.25, 0.3) is 0 Å². The molecule has 1 aliphatic heterocycles. The van der Waals surface area contributed by atoms with Gasteiger partial charge in [0.1, 0.15) is 0 Å². The summed E-state index contributed by atoms with van der Waals surface area (Å²) in [5.74, 6) is -0.278. The van der Waals surface area contributed by atoms with Gasteiger partial charge in [-0.3, -0.25) is 4.90 Å². The molecule has 1 aliphatic rings. The highest BCUT2D eigenvalue weighted by molar-refractivity contribution is 6.00. The normalized spacial score (nSPS) is 15.6. The maximum atomic E-state index is 13.1. The molecule has 4 amide bonds. The molecule has 8 nitrogen and oxygen atoms in total. The predicted molar refractivity (Wildman–Crippen MR) is 142 cm³/mol. The van der Waals surface area contributed by atoms with Gasteiger partial charge in [0.05, 0.1) is 18.2 Å². The van der Waals surface area contributed by atoms with Gasteiger partial charge in [-0.2, -0.15) is 0 Å². The molecule has 0 bridgehead atoms. The number of urea groups is 2. The van der Waals surface area contributed by atoms with Crippen molar-refractivity contribution in [2.75, 3.05) is 23.8 Å². The number of benzene rings is 2. The van der Waals surface area contributed by atoms with Gasteiger partial charge in [-0.1, -0.05) is 50.6 Å². The molecule has 0 aromatic heterocycles. The maximum Gasteiger partial charge on any atom is 0.338 e. The fourth-order valence-electron chi connectivity index (χ4n) is 4.14. The quantitative estimate of drug-likeness (QED) is 0.400. The molecule has 1 atom stereocenters. The van der Waals surface area contributed by atoms with Crippen LogP contribution >= 0.6 is 0 Å². The van der Waals surface area contributed by atoms with Gasteiger partial charge in [-0.05, 0) is 62.4 Å². The summed E-state index contributed by atoms with van der Waals surface area (Å²) in [5.41, 5.74) is 4.96. The molecule has 1 heterocycles. The van der Waals surface area contributed by atoms with Crippen LogP contribution in [0.4, 0.5) is 21.0 Å². The molecule has 8 heteroatoms. The zero-order chi connectivity index (χ0) is 26.4. The van der Waals surface area contributed by atoms with Crippen molar-refractivity contribution in [2.24, 2.45) is 5.92 Å². The second kappa shape index (κ2) is 11.7. The second-order valence-corrected chi connectivity index (χ2v) is 9.55. The van der Waals surface area contributed by atoms with E-state index in [4.69, 9.17) is 4.74 Å². The first kappa shape index (κ1) is 26.8.